The topological polar surface area (TPSA) is 64.1 Å². The maximum Gasteiger partial charge on any atom is 0.275 e. The first kappa shape index (κ1) is 12.3. The minimum absolute atomic E-state index is 0.242. The summed E-state index contributed by atoms with van der Waals surface area (Å²) in [6.45, 7) is 0. The molecule has 0 radical (unpaired) electrons. The van der Waals surface area contributed by atoms with Crippen molar-refractivity contribution in [3.8, 4) is 5.75 Å². The van der Waals surface area contributed by atoms with Crippen molar-refractivity contribution in [2.24, 2.45) is 0 Å². The number of aromatic nitrogens is 2. The fraction of sp³-hybridized carbons (Fsp3) is 0.0833. The van der Waals surface area contributed by atoms with Gasteiger partial charge in [0.2, 0.25) is 0 Å². The molecule has 0 saturated carbocycles. The Bertz CT molecular complexity index is 561. The van der Waals surface area contributed by atoms with Crippen molar-refractivity contribution in [3.63, 3.8) is 0 Å². The summed E-state index contributed by atoms with van der Waals surface area (Å²) in [4.78, 5) is 19.5. The third-order valence-electron chi connectivity index (χ3n) is 2.20. The SMILES string of the molecule is COc1cc(NC(=O)c2cnccn2)ccc1Cl. The molecule has 0 aliphatic heterocycles. The van der Waals surface area contributed by atoms with Gasteiger partial charge in [-0.1, -0.05) is 11.6 Å². The highest BCUT2D eigenvalue weighted by molar-refractivity contribution is 6.32. The van der Waals surface area contributed by atoms with E-state index >= 15 is 0 Å². The summed E-state index contributed by atoms with van der Waals surface area (Å²) >= 11 is 5.89. The predicted octanol–water partition coefficient (Wildman–Crippen LogP) is 2.39. The summed E-state index contributed by atoms with van der Waals surface area (Å²) < 4.78 is 5.06. The fourth-order valence-corrected chi connectivity index (χ4v) is 1.54. The van der Waals surface area contributed by atoms with Crippen LogP contribution in [0.15, 0.2) is 36.8 Å². The van der Waals surface area contributed by atoms with Gasteiger partial charge in [0, 0.05) is 24.1 Å². The van der Waals surface area contributed by atoms with Crippen LogP contribution in [0.5, 0.6) is 5.75 Å². The van der Waals surface area contributed by atoms with Crippen LogP contribution in [0.2, 0.25) is 5.02 Å². The highest BCUT2D eigenvalue weighted by atomic mass is 35.5. The van der Waals surface area contributed by atoms with Crippen molar-refractivity contribution >= 4 is 23.2 Å². The number of amides is 1. The van der Waals surface area contributed by atoms with Gasteiger partial charge in [0.25, 0.3) is 5.91 Å². The lowest BCUT2D eigenvalue weighted by Gasteiger charge is -2.07. The van der Waals surface area contributed by atoms with Crippen LogP contribution in [0, 0.1) is 0 Å². The molecule has 0 fully saturated rings. The van der Waals surface area contributed by atoms with E-state index in [9.17, 15) is 4.79 Å². The van der Waals surface area contributed by atoms with Crippen LogP contribution in [0.25, 0.3) is 0 Å². The van der Waals surface area contributed by atoms with E-state index < -0.39 is 0 Å². The molecule has 0 saturated heterocycles. The molecule has 0 bridgehead atoms. The number of benzene rings is 1. The molecule has 0 aliphatic rings. The third kappa shape index (κ3) is 2.75. The quantitative estimate of drug-likeness (QED) is 0.923. The Morgan fingerprint density at radius 2 is 2.22 bits per heavy atom. The molecule has 1 heterocycles. The smallest absolute Gasteiger partial charge is 0.275 e. The van der Waals surface area contributed by atoms with Gasteiger partial charge in [-0.3, -0.25) is 9.78 Å². The van der Waals surface area contributed by atoms with Crippen LogP contribution >= 0.6 is 11.6 Å². The Balaban J connectivity index is 2.17. The summed E-state index contributed by atoms with van der Waals surface area (Å²) in [6, 6.07) is 4.96. The maximum atomic E-state index is 11.8. The first-order chi connectivity index (χ1) is 8.70. The second-order valence-electron chi connectivity index (χ2n) is 3.39. The summed E-state index contributed by atoms with van der Waals surface area (Å²) in [6.07, 6.45) is 4.35. The van der Waals surface area contributed by atoms with Crippen LogP contribution in [-0.4, -0.2) is 23.0 Å². The molecule has 92 valence electrons. The Morgan fingerprint density at radius 1 is 1.39 bits per heavy atom. The van der Waals surface area contributed by atoms with Gasteiger partial charge in [-0.2, -0.15) is 0 Å². The first-order valence-electron chi connectivity index (χ1n) is 5.11. The summed E-state index contributed by atoms with van der Waals surface area (Å²) in [5.74, 6) is 0.154. The monoisotopic (exact) mass is 263 g/mol. The number of halogens is 1. The number of nitrogens with zero attached hydrogens (tertiary/aromatic N) is 2. The normalized spacial score (nSPS) is 9.89. The van der Waals surface area contributed by atoms with E-state index in [1.807, 2.05) is 0 Å². The van der Waals surface area contributed by atoms with Crippen molar-refractivity contribution in [2.45, 2.75) is 0 Å². The van der Waals surface area contributed by atoms with Gasteiger partial charge in [-0.15, -0.1) is 0 Å². The van der Waals surface area contributed by atoms with E-state index in [1.54, 1.807) is 18.2 Å². The number of rotatable bonds is 3. The molecule has 1 aromatic carbocycles. The Labute approximate surface area is 109 Å². The van der Waals surface area contributed by atoms with Crippen molar-refractivity contribution < 1.29 is 9.53 Å². The van der Waals surface area contributed by atoms with Crippen LogP contribution < -0.4 is 10.1 Å². The second-order valence-corrected chi connectivity index (χ2v) is 3.80. The number of carbonyl (C=O) groups excluding carboxylic acids is 1. The Hall–Kier alpha value is -2.14. The van der Waals surface area contributed by atoms with Gasteiger partial charge in [-0.25, -0.2) is 4.98 Å². The molecule has 1 amide bonds. The average molecular weight is 264 g/mol. The zero-order valence-electron chi connectivity index (χ0n) is 9.55. The molecule has 2 aromatic rings. The highest BCUT2D eigenvalue weighted by Gasteiger charge is 2.09. The van der Waals surface area contributed by atoms with E-state index in [1.165, 1.54) is 25.7 Å². The van der Waals surface area contributed by atoms with E-state index in [0.29, 0.717) is 16.5 Å². The summed E-state index contributed by atoms with van der Waals surface area (Å²) in [5.41, 5.74) is 0.818. The standard InChI is InChI=1S/C12H10ClN3O2/c1-18-11-6-8(2-3-9(11)13)16-12(17)10-7-14-4-5-15-10/h2-7H,1H3,(H,16,17). The number of anilines is 1. The fourth-order valence-electron chi connectivity index (χ4n) is 1.35. The highest BCUT2D eigenvalue weighted by Crippen LogP contribution is 2.27. The number of ether oxygens (including phenoxy) is 1. The molecule has 0 unspecified atom stereocenters. The minimum atomic E-state index is -0.340. The van der Waals surface area contributed by atoms with Crippen molar-refractivity contribution in [1.29, 1.82) is 0 Å². The van der Waals surface area contributed by atoms with Crippen molar-refractivity contribution in [2.75, 3.05) is 12.4 Å². The number of hydrogen-bond donors (Lipinski definition) is 1. The second kappa shape index (κ2) is 5.46. The van der Waals surface area contributed by atoms with Crippen LogP contribution in [0.3, 0.4) is 0 Å². The molecular formula is C12H10ClN3O2. The molecule has 0 aliphatic carbocycles. The lowest BCUT2D eigenvalue weighted by atomic mass is 10.3. The molecule has 0 atom stereocenters. The number of methoxy groups -OCH3 is 1. The molecule has 0 spiro atoms. The number of hydrogen-bond acceptors (Lipinski definition) is 4. The van der Waals surface area contributed by atoms with E-state index in [-0.39, 0.29) is 11.6 Å². The lowest BCUT2D eigenvalue weighted by molar-refractivity contribution is 0.102. The van der Waals surface area contributed by atoms with Crippen LogP contribution in [0.1, 0.15) is 10.5 Å². The van der Waals surface area contributed by atoms with E-state index in [0.717, 1.165) is 0 Å². The molecule has 18 heavy (non-hydrogen) atoms. The minimum Gasteiger partial charge on any atom is -0.495 e. The van der Waals surface area contributed by atoms with Gasteiger partial charge in [0.1, 0.15) is 11.4 Å². The lowest BCUT2D eigenvalue weighted by Crippen LogP contribution is -2.13. The predicted molar refractivity (Wildman–Crippen MR) is 68.0 cm³/mol. The molecule has 6 heteroatoms. The average Bonchev–Trinajstić information content (AvgIpc) is 2.42. The van der Waals surface area contributed by atoms with Crippen molar-refractivity contribution in [1.82, 2.24) is 9.97 Å². The summed E-state index contributed by atoms with van der Waals surface area (Å²) in [5, 5.41) is 3.16. The zero-order chi connectivity index (χ0) is 13.0. The Kier molecular flexibility index (Phi) is 3.74. The van der Waals surface area contributed by atoms with Gasteiger partial charge >= 0.3 is 0 Å². The first-order valence-corrected chi connectivity index (χ1v) is 5.49. The number of nitrogens with one attached hydrogen (secondary N) is 1. The van der Waals surface area contributed by atoms with Crippen LogP contribution in [0.4, 0.5) is 5.69 Å². The van der Waals surface area contributed by atoms with Crippen LogP contribution in [-0.2, 0) is 0 Å². The van der Waals surface area contributed by atoms with E-state index in [4.69, 9.17) is 16.3 Å². The van der Waals surface area contributed by atoms with Gasteiger partial charge in [-0.05, 0) is 12.1 Å². The van der Waals surface area contributed by atoms with Gasteiger partial charge in [0.05, 0.1) is 18.3 Å². The largest absolute Gasteiger partial charge is 0.495 e. The van der Waals surface area contributed by atoms with E-state index in [2.05, 4.69) is 15.3 Å². The Morgan fingerprint density at radius 3 is 2.89 bits per heavy atom. The molecule has 1 N–H and O–H groups in total. The summed E-state index contributed by atoms with van der Waals surface area (Å²) in [7, 11) is 1.51. The van der Waals surface area contributed by atoms with Gasteiger partial charge < -0.3 is 10.1 Å². The molecule has 5 nitrogen and oxygen atoms in total. The number of carbonyl (C=O) groups is 1. The molecule has 1 aromatic heterocycles. The molecular weight excluding hydrogens is 254 g/mol. The third-order valence-corrected chi connectivity index (χ3v) is 2.52. The van der Waals surface area contributed by atoms with Gasteiger partial charge in [0.15, 0.2) is 0 Å². The zero-order valence-corrected chi connectivity index (χ0v) is 10.3. The molecule has 2 rings (SSSR count). The van der Waals surface area contributed by atoms with Crippen molar-refractivity contribution in [3.05, 3.63) is 47.5 Å². The maximum absolute atomic E-state index is 11.8.